The molecular weight excluding hydrogens is 395 g/mol. The molecule has 0 aliphatic carbocycles. The Morgan fingerprint density at radius 1 is 1.38 bits per heavy atom. The van der Waals surface area contributed by atoms with Crippen molar-refractivity contribution in [2.75, 3.05) is 45.8 Å². The van der Waals surface area contributed by atoms with Crippen molar-refractivity contribution in [1.82, 2.24) is 9.80 Å². The van der Waals surface area contributed by atoms with E-state index in [-0.39, 0.29) is 12.0 Å². The van der Waals surface area contributed by atoms with Crippen LogP contribution in [0.3, 0.4) is 0 Å². The molecule has 2 heterocycles. The minimum atomic E-state index is -0.955. The first-order chi connectivity index (χ1) is 14.0. The Morgan fingerprint density at radius 2 is 2.14 bits per heavy atom. The van der Waals surface area contributed by atoms with Crippen molar-refractivity contribution in [2.24, 2.45) is 0 Å². The molecule has 2 aliphatic rings. The number of hydrogen-bond donors (Lipinski definition) is 1. The number of ether oxygens (including phenoxy) is 2. The van der Waals surface area contributed by atoms with E-state index >= 15 is 0 Å². The lowest BCUT2D eigenvalue weighted by Gasteiger charge is -2.44. The zero-order valence-corrected chi connectivity index (χ0v) is 17.6. The number of thioether (sulfide) groups is 1. The van der Waals surface area contributed by atoms with Gasteiger partial charge in [0.15, 0.2) is 0 Å². The van der Waals surface area contributed by atoms with Gasteiger partial charge < -0.3 is 19.5 Å². The molecule has 0 spiro atoms. The first-order valence-electron chi connectivity index (χ1n) is 9.62. The zero-order chi connectivity index (χ0) is 20.8. The Labute approximate surface area is 175 Å². The number of nitrogens with zero attached hydrogens (tertiary/aromatic N) is 2. The minimum absolute atomic E-state index is 0.115. The van der Waals surface area contributed by atoms with Crippen molar-refractivity contribution in [3.8, 4) is 0 Å². The van der Waals surface area contributed by atoms with Crippen LogP contribution in [0.15, 0.2) is 46.5 Å². The third-order valence-corrected chi connectivity index (χ3v) is 6.07. The van der Waals surface area contributed by atoms with Crippen LogP contribution in [0.2, 0.25) is 0 Å². The number of benzene rings is 1. The molecule has 1 atom stereocenters. The lowest BCUT2D eigenvalue weighted by Crippen LogP contribution is -2.52. The molecule has 2 aliphatic heterocycles. The molecular formula is C21H27FN2O4S. The van der Waals surface area contributed by atoms with Crippen molar-refractivity contribution in [2.45, 2.75) is 19.6 Å². The number of carbonyl (C=O) groups is 1. The first kappa shape index (κ1) is 21.8. The summed E-state index contributed by atoms with van der Waals surface area (Å²) in [4.78, 5) is 16.4. The molecule has 0 radical (unpaired) electrons. The van der Waals surface area contributed by atoms with Crippen LogP contribution in [0.25, 0.3) is 0 Å². The first-order valence-corrected chi connectivity index (χ1v) is 10.6. The van der Waals surface area contributed by atoms with Gasteiger partial charge in [0, 0.05) is 32.5 Å². The summed E-state index contributed by atoms with van der Waals surface area (Å²) in [7, 11) is 1.63. The topological polar surface area (TPSA) is 62.2 Å². The zero-order valence-electron chi connectivity index (χ0n) is 16.8. The lowest BCUT2D eigenvalue weighted by molar-refractivity contribution is -0.132. The fourth-order valence-electron chi connectivity index (χ4n) is 3.61. The van der Waals surface area contributed by atoms with Gasteiger partial charge in [-0.2, -0.15) is 0 Å². The van der Waals surface area contributed by atoms with Crippen LogP contribution in [0.4, 0.5) is 4.39 Å². The third kappa shape index (κ3) is 5.39. The number of methoxy groups -OCH3 is 1. The average molecular weight is 423 g/mol. The number of hydrogen-bond acceptors (Lipinski definition) is 6. The Bertz CT molecular complexity index is 793. The number of aliphatic carboxylic acids is 1. The van der Waals surface area contributed by atoms with Crippen LogP contribution in [0, 0.1) is 5.82 Å². The molecule has 1 fully saturated rings. The smallest absolute Gasteiger partial charge is 0.338 e. The average Bonchev–Trinajstić information content (AvgIpc) is 2.70. The molecule has 0 bridgehead atoms. The highest BCUT2D eigenvalue weighted by molar-refractivity contribution is 8.03. The van der Waals surface area contributed by atoms with E-state index in [9.17, 15) is 14.3 Å². The van der Waals surface area contributed by atoms with Gasteiger partial charge in [0.25, 0.3) is 0 Å². The maximum Gasteiger partial charge on any atom is 0.338 e. The molecule has 3 rings (SSSR count). The summed E-state index contributed by atoms with van der Waals surface area (Å²) in [6, 6.07) is 6.46. The molecule has 29 heavy (non-hydrogen) atoms. The van der Waals surface area contributed by atoms with Gasteiger partial charge in [0.1, 0.15) is 12.0 Å². The number of morpholine rings is 1. The fraction of sp³-hybridized carbons (Fsp3) is 0.476. The van der Waals surface area contributed by atoms with Crippen LogP contribution < -0.4 is 0 Å². The highest BCUT2D eigenvalue weighted by Crippen LogP contribution is 2.37. The van der Waals surface area contributed by atoms with Crippen molar-refractivity contribution >= 4 is 17.7 Å². The molecule has 0 saturated carbocycles. The highest BCUT2D eigenvalue weighted by atomic mass is 32.2. The monoisotopic (exact) mass is 422 g/mol. The number of carboxylic acid groups (broad SMARTS) is 1. The molecule has 1 unspecified atom stereocenters. The van der Waals surface area contributed by atoms with Crippen molar-refractivity contribution in [3.05, 3.63) is 57.9 Å². The molecule has 6 nitrogen and oxygen atoms in total. The van der Waals surface area contributed by atoms with E-state index < -0.39 is 5.97 Å². The van der Waals surface area contributed by atoms with Crippen LogP contribution >= 0.6 is 11.8 Å². The summed E-state index contributed by atoms with van der Waals surface area (Å²) in [5, 5.41) is 10.6. The van der Waals surface area contributed by atoms with Gasteiger partial charge in [-0.1, -0.05) is 12.1 Å². The molecule has 0 aromatic heterocycles. The normalized spacial score (nSPS) is 20.7. The van der Waals surface area contributed by atoms with E-state index in [0.29, 0.717) is 42.7 Å². The predicted octanol–water partition coefficient (Wildman–Crippen LogP) is 2.92. The predicted molar refractivity (Wildman–Crippen MR) is 111 cm³/mol. The summed E-state index contributed by atoms with van der Waals surface area (Å²) < 4.78 is 24.5. The minimum Gasteiger partial charge on any atom is -0.478 e. The van der Waals surface area contributed by atoms with E-state index in [0.717, 1.165) is 24.2 Å². The summed E-state index contributed by atoms with van der Waals surface area (Å²) >= 11 is 1.47. The van der Waals surface area contributed by atoms with E-state index in [1.54, 1.807) is 13.2 Å². The van der Waals surface area contributed by atoms with Crippen LogP contribution in [0.1, 0.15) is 12.5 Å². The summed E-state index contributed by atoms with van der Waals surface area (Å²) in [6.07, 6.45) is 1.88. The fourth-order valence-corrected chi connectivity index (χ4v) is 4.78. The molecule has 1 aromatic carbocycles. The standard InChI is InChI=1S/C21H27FN2O4S/c1-15-12-18(23-6-8-28-9-7-23)24(14-16-4-3-5-17(22)13-16)20(19(15)21(25)26)29-11-10-27-2/h3-5,12-13,18H,6-11,14H2,1-2H3,(H,25,26). The van der Waals surface area contributed by atoms with E-state index in [1.165, 1.54) is 23.9 Å². The summed E-state index contributed by atoms with van der Waals surface area (Å²) in [5.41, 5.74) is 1.84. The van der Waals surface area contributed by atoms with Gasteiger partial charge in [0.2, 0.25) is 0 Å². The Balaban J connectivity index is 2.00. The number of rotatable bonds is 8. The van der Waals surface area contributed by atoms with Gasteiger partial charge in [-0.25, -0.2) is 9.18 Å². The van der Waals surface area contributed by atoms with Gasteiger partial charge >= 0.3 is 5.97 Å². The molecule has 8 heteroatoms. The lowest BCUT2D eigenvalue weighted by atomic mass is 10.0. The van der Waals surface area contributed by atoms with E-state index in [4.69, 9.17) is 9.47 Å². The largest absolute Gasteiger partial charge is 0.478 e. The SMILES string of the molecule is COCCSC1=C(C(=O)O)C(C)=CC(N2CCOCC2)N1Cc1cccc(F)c1. The van der Waals surface area contributed by atoms with Gasteiger partial charge in [-0.3, -0.25) is 4.90 Å². The second-order valence-electron chi connectivity index (χ2n) is 7.00. The van der Waals surface area contributed by atoms with Crippen molar-refractivity contribution < 1.29 is 23.8 Å². The van der Waals surface area contributed by atoms with Crippen LogP contribution in [-0.2, 0) is 20.8 Å². The van der Waals surface area contributed by atoms with Crippen LogP contribution in [-0.4, -0.2) is 72.8 Å². The molecule has 158 valence electrons. The number of carboxylic acids is 1. The molecule has 0 amide bonds. The Hall–Kier alpha value is -1.87. The maximum atomic E-state index is 13.8. The van der Waals surface area contributed by atoms with Crippen molar-refractivity contribution in [3.63, 3.8) is 0 Å². The van der Waals surface area contributed by atoms with Crippen molar-refractivity contribution in [1.29, 1.82) is 0 Å². The van der Waals surface area contributed by atoms with Gasteiger partial charge in [-0.15, -0.1) is 11.8 Å². The summed E-state index contributed by atoms with van der Waals surface area (Å²) in [6.45, 7) is 5.56. The number of halogens is 1. The van der Waals surface area contributed by atoms with E-state index in [1.807, 2.05) is 19.1 Å². The molecule has 1 saturated heterocycles. The van der Waals surface area contributed by atoms with Gasteiger partial charge in [0.05, 0.1) is 30.4 Å². The van der Waals surface area contributed by atoms with Gasteiger partial charge in [-0.05, 0) is 36.3 Å². The summed E-state index contributed by atoms with van der Waals surface area (Å²) in [5.74, 6) is -0.626. The van der Waals surface area contributed by atoms with Crippen LogP contribution in [0.5, 0.6) is 0 Å². The second-order valence-corrected chi connectivity index (χ2v) is 8.08. The molecule has 1 aromatic rings. The quantitative estimate of drug-likeness (QED) is 0.647. The Kier molecular flexibility index (Phi) is 7.71. The Morgan fingerprint density at radius 3 is 2.79 bits per heavy atom. The van der Waals surface area contributed by atoms with E-state index in [2.05, 4.69) is 9.80 Å². The highest BCUT2D eigenvalue weighted by Gasteiger charge is 2.34. The second kappa shape index (κ2) is 10.2. The molecule has 1 N–H and O–H groups in total. The third-order valence-electron chi connectivity index (χ3n) is 4.99. The maximum absolute atomic E-state index is 13.8.